The Labute approximate surface area is 216 Å². The molecule has 2 aliphatic carbocycles. The molecule has 0 atom stereocenters. The molecule has 0 unspecified atom stereocenters. The average molecular weight is 575 g/mol. The van der Waals surface area contributed by atoms with Gasteiger partial charge < -0.3 is 14.8 Å². The van der Waals surface area contributed by atoms with Gasteiger partial charge in [0.2, 0.25) is 0 Å². The third-order valence-electron chi connectivity index (χ3n) is 6.73. The van der Waals surface area contributed by atoms with E-state index in [0.717, 1.165) is 44.5 Å². The van der Waals surface area contributed by atoms with Crippen molar-refractivity contribution in [3.8, 4) is 11.5 Å². The number of ketones is 2. The van der Waals surface area contributed by atoms with Crippen LogP contribution in [0.25, 0.3) is 0 Å². The summed E-state index contributed by atoms with van der Waals surface area (Å²) in [6, 6.07) is 3.99. The predicted octanol–water partition coefficient (Wildman–Crippen LogP) is 6.23. The first kappa shape index (κ1) is 25.0. The zero-order valence-electron chi connectivity index (χ0n) is 20.8. The molecule has 1 aromatic rings. The lowest BCUT2D eigenvalue weighted by Crippen LogP contribution is -2.42. The molecule has 0 fully saturated rings. The average Bonchev–Trinajstić information content (AvgIpc) is 2.70. The van der Waals surface area contributed by atoms with Gasteiger partial charge in [0, 0.05) is 41.3 Å². The number of hydrogen-bond acceptors (Lipinski definition) is 5. The molecule has 0 bridgehead atoms. The summed E-state index contributed by atoms with van der Waals surface area (Å²) < 4.78 is 12.7. The smallest absolute Gasteiger partial charge is 0.174 e. The van der Waals surface area contributed by atoms with Crippen molar-refractivity contribution in [2.24, 2.45) is 10.8 Å². The molecule has 1 aromatic carbocycles. The second kappa shape index (κ2) is 9.17. The summed E-state index contributed by atoms with van der Waals surface area (Å²) in [5.41, 5.74) is 4.08. The highest BCUT2D eigenvalue weighted by Gasteiger charge is 2.46. The first-order chi connectivity index (χ1) is 16.0. The highest BCUT2D eigenvalue weighted by Crippen LogP contribution is 2.52. The number of ether oxygens (including phenoxy) is 2. The number of nitrogens with one attached hydrogen (secondary N) is 1. The van der Waals surface area contributed by atoms with Crippen LogP contribution in [0.5, 0.6) is 11.5 Å². The van der Waals surface area contributed by atoms with E-state index in [1.54, 1.807) is 6.08 Å². The van der Waals surface area contributed by atoms with Crippen molar-refractivity contribution in [3.63, 3.8) is 0 Å². The maximum absolute atomic E-state index is 13.5. The van der Waals surface area contributed by atoms with Gasteiger partial charge in [-0.1, -0.05) is 40.3 Å². The summed E-state index contributed by atoms with van der Waals surface area (Å²) in [6.07, 6.45) is 4.22. The van der Waals surface area contributed by atoms with Gasteiger partial charge in [-0.05, 0) is 70.9 Å². The molecule has 4 rings (SSSR count). The Morgan fingerprint density at radius 2 is 1.56 bits per heavy atom. The Hall–Kier alpha value is -2.09. The topological polar surface area (TPSA) is 64.6 Å². The number of rotatable bonds is 6. The minimum Gasteiger partial charge on any atom is -0.490 e. The first-order valence-electron chi connectivity index (χ1n) is 12.0. The molecule has 3 aliphatic rings. The Morgan fingerprint density at radius 1 is 1.00 bits per heavy atom. The molecule has 0 spiro atoms. The van der Waals surface area contributed by atoms with E-state index in [4.69, 9.17) is 9.47 Å². The minimum absolute atomic E-state index is 0.118. The van der Waals surface area contributed by atoms with Gasteiger partial charge in [-0.15, -0.1) is 0 Å². The van der Waals surface area contributed by atoms with Gasteiger partial charge in [-0.2, -0.15) is 0 Å². The molecule has 0 amide bonds. The molecule has 182 valence electrons. The third kappa shape index (κ3) is 4.70. The van der Waals surface area contributed by atoms with Crippen LogP contribution in [-0.4, -0.2) is 24.8 Å². The lowest BCUT2D eigenvalue weighted by Gasteiger charge is -2.44. The van der Waals surface area contributed by atoms with Crippen molar-refractivity contribution in [1.29, 1.82) is 0 Å². The van der Waals surface area contributed by atoms with Crippen molar-refractivity contribution < 1.29 is 19.1 Å². The van der Waals surface area contributed by atoms with Gasteiger partial charge in [-0.3, -0.25) is 9.59 Å². The summed E-state index contributed by atoms with van der Waals surface area (Å²) in [5, 5.41) is 3.57. The van der Waals surface area contributed by atoms with Gasteiger partial charge in [0.05, 0.1) is 10.2 Å². The number of hydrogen-bond donors (Lipinski definition) is 1. The van der Waals surface area contributed by atoms with E-state index in [2.05, 4.69) is 62.2 Å². The number of Topliss-reactive ketones (excluding diaryl/α,β-unsaturated/α-hetero) is 2. The molecule has 0 saturated heterocycles. The van der Waals surface area contributed by atoms with Crippen LogP contribution in [0.15, 0.2) is 47.3 Å². The van der Waals surface area contributed by atoms with Crippen molar-refractivity contribution in [1.82, 2.24) is 5.32 Å². The van der Waals surface area contributed by atoms with Gasteiger partial charge in [0.1, 0.15) is 6.61 Å². The normalized spacial score (nSPS) is 21.6. The number of carbonyl (C=O) groups excluding carboxylic acids is 2. The molecule has 6 heteroatoms. The third-order valence-corrected chi connectivity index (χ3v) is 7.53. The summed E-state index contributed by atoms with van der Waals surface area (Å²) in [6.45, 7) is 15.1. The van der Waals surface area contributed by atoms with E-state index in [1.165, 1.54) is 0 Å². The van der Waals surface area contributed by atoms with E-state index >= 15 is 0 Å². The number of allylic oxidation sites excluding steroid dienone is 4. The molecule has 0 aromatic heterocycles. The van der Waals surface area contributed by atoms with Gasteiger partial charge in [-0.25, -0.2) is 0 Å². The van der Waals surface area contributed by atoms with Gasteiger partial charge in [0.15, 0.2) is 23.1 Å². The van der Waals surface area contributed by atoms with Crippen LogP contribution in [0, 0.1) is 14.4 Å². The second-order valence-electron chi connectivity index (χ2n) is 11.1. The Bertz CT molecular complexity index is 1070. The lowest BCUT2D eigenvalue weighted by atomic mass is 9.64. The van der Waals surface area contributed by atoms with Crippen LogP contribution in [-0.2, 0) is 9.59 Å². The summed E-state index contributed by atoms with van der Waals surface area (Å²) in [4.78, 5) is 27.1. The summed E-state index contributed by atoms with van der Waals surface area (Å²) in [5.74, 6) is 1.14. The van der Waals surface area contributed by atoms with Crippen LogP contribution < -0.4 is 14.8 Å². The van der Waals surface area contributed by atoms with Crippen LogP contribution >= 0.6 is 22.6 Å². The fourth-order valence-electron chi connectivity index (χ4n) is 5.52. The highest BCUT2D eigenvalue weighted by molar-refractivity contribution is 14.1. The van der Waals surface area contributed by atoms with Crippen molar-refractivity contribution in [3.05, 3.63) is 56.5 Å². The number of carbonyl (C=O) groups is 2. The molecular weight excluding hydrogens is 541 g/mol. The number of benzene rings is 1. The van der Waals surface area contributed by atoms with Crippen molar-refractivity contribution in [2.45, 2.75) is 66.2 Å². The molecule has 0 saturated carbocycles. The Kier molecular flexibility index (Phi) is 6.75. The highest BCUT2D eigenvalue weighted by atomic mass is 127. The summed E-state index contributed by atoms with van der Waals surface area (Å²) in [7, 11) is 0. The Balaban J connectivity index is 1.92. The predicted molar refractivity (Wildman–Crippen MR) is 142 cm³/mol. The maximum atomic E-state index is 13.5. The molecule has 34 heavy (non-hydrogen) atoms. The van der Waals surface area contributed by atoms with Crippen LogP contribution in [0.1, 0.15) is 71.8 Å². The molecule has 1 heterocycles. The van der Waals surface area contributed by atoms with E-state index in [9.17, 15) is 9.59 Å². The monoisotopic (exact) mass is 575 g/mol. The van der Waals surface area contributed by atoms with Crippen molar-refractivity contribution in [2.75, 3.05) is 13.2 Å². The fraction of sp³-hybridized carbons (Fsp3) is 0.500. The number of dihydropyridines is 1. The van der Waals surface area contributed by atoms with Crippen molar-refractivity contribution >= 4 is 34.2 Å². The molecular formula is C28H34INO4. The number of halogens is 1. The molecule has 1 N–H and O–H groups in total. The first-order valence-corrected chi connectivity index (χ1v) is 13.0. The van der Waals surface area contributed by atoms with E-state index in [1.807, 2.05) is 19.1 Å². The minimum atomic E-state index is -0.389. The van der Waals surface area contributed by atoms with Gasteiger partial charge in [0.25, 0.3) is 0 Å². The van der Waals surface area contributed by atoms with E-state index < -0.39 is 0 Å². The zero-order chi connectivity index (χ0) is 24.8. The lowest BCUT2D eigenvalue weighted by molar-refractivity contribution is -0.119. The van der Waals surface area contributed by atoms with Gasteiger partial charge >= 0.3 is 0 Å². The van der Waals surface area contributed by atoms with Crippen LogP contribution in [0.4, 0.5) is 0 Å². The Morgan fingerprint density at radius 3 is 2.06 bits per heavy atom. The van der Waals surface area contributed by atoms with Crippen LogP contribution in [0.3, 0.4) is 0 Å². The summed E-state index contributed by atoms with van der Waals surface area (Å²) >= 11 is 2.25. The maximum Gasteiger partial charge on any atom is 0.174 e. The molecule has 1 aliphatic heterocycles. The fourth-order valence-corrected chi connectivity index (χ4v) is 6.30. The SMILES string of the molecule is C=CCOc1c(I)cc(C2C3=C(CC(C)(C)CC3=O)NC3=C2C(=O)CC(C)(C)C3)cc1OCC. The molecule has 5 nitrogen and oxygen atoms in total. The zero-order valence-corrected chi connectivity index (χ0v) is 22.9. The largest absolute Gasteiger partial charge is 0.490 e. The molecule has 0 radical (unpaired) electrons. The van der Waals surface area contributed by atoms with E-state index in [-0.39, 0.29) is 28.3 Å². The second-order valence-corrected chi connectivity index (χ2v) is 12.2. The van der Waals surface area contributed by atoms with E-state index in [0.29, 0.717) is 37.6 Å². The van der Waals surface area contributed by atoms with Crippen LogP contribution in [0.2, 0.25) is 0 Å². The standard InChI is InChI=1S/C28H34INO4/c1-7-9-34-26-17(29)10-16(11-22(26)33-8-2)23-24-18(12-27(3,4)14-20(24)31)30-19-13-28(5,6)15-21(32)25(19)23/h7,10-11,23,30H,1,8-9,12-15H2,2-6H3. The quantitative estimate of drug-likeness (QED) is 0.322.